The molecule has 0 spiro atoms. The van der Waals surface area contributed by atoms with Crippen LogP contribution < -0.4 is 4.74 Å². The zero-order valence-electron chi connectivity index (χ0n) is 17.5. The quantitative estimate of drug-likeness (QED) is 0.665. The zero-order valence-corrected chi connectivity index (χ0v) is 17.5. The number of likely N-dealkylation sites (tertiary alicyclic amines) is 1. The number of hydrogen-bond donors (Lipinski definition) is 1. The van der Waals surface area contributed by atoms with Gasteiger partial charge in [0.15, 0.2) is 0 Å². The van der Waals surface area contributed by atoms with Gasteiger partial charge >= 0.3 is 0 Å². The second-order valence-corrected chi connectivity index (χ2v) is 8.05. The molecular formula is C24H28FN3O2. The van der Waals surface area contributed by atoms with Crippen molar-refractivity contribution >= 4 is 16.8 Å². The van der Waals surface area contributed by atoms with E-state index < -0.39 is 0 Å². The summed E-state index contributed by atoms with van der Waals surface area (Å²) in [4.78, 5) is 19.8. The highest BCUT2D eigenvalue weighted by Crippen LogP contribution is 2.34. The highest BCUT2D eigenvalue weighted by molar-refractivity contribution is 5.85. The fourth-order valence-corrected chi connectivity index (χ4v) is 4.27. The third kappa shape index (κ3) is 4.33. The number of carbonyl (C=O) groups is 1. The van der Waals surface area contributed by atoms with Crippen LogP contribution >= 0.6 is 0 Å². The van der Waals surface area contributed by atoms with Gasteiger partial charge in [0.2, 0.25) is 5.91 Å². The number of amides is 1. The van der Waals surface area contributed by atoms with Crippen LogP contribution in [0.2, 0.25) is 0 Å². The van der Waals surface area contributed by atoms with Gasteiger partial charge in [-0.05, 0) is 61.7 Å². The van der Waals surface area contributed by atoms with Gasteiger partial charge in [0, 0.05) is 36.3 Å². The second kappa shape index (κ2) is 8.88. The van der Waals surface area contributed by atoms with Crippen molar-refractivity contribution < 1.29 is 13.9 Å². The summed E-state index contributed by atoms with van der Waals surface area (Å²) < 4.78 is 19.2. The van der Waals surface area contributed by atoms with E-state index >= 15 is 0 Å². The van der Waals surface area contributed by atoms with Crippen LogP contribution in [0.3, 0.4) is 0 Å². The van der Waals surface area contributed by atoms with Crippen molar-refractivity contribution in [3.63, 3.8) is 0 Å². The van der Waals surface area contributed by atoms with E-state index in [1.165, 1.54) is 17.0 Å². The Morgan fingerprint density at radius 1 is 1.23 bits per heavy atom. The molecule has 3 aromatic rings. The molecule has 1 N–H and O–H groups in total. The molecule has 0 atom stereocenters. The average molecular weight is 410 g/mol. The van der Waals surface area contributed by atoms with E-state index in [1.807, 2.05) is 6.07 Å². The molecule has 1 amide bonds. The van der Waals surface area contributed by atoms with Crippen molar-refractivity contribution in [3.05, 3.63) is 65.6 Å². The number of ether oxygens (including phenoxy) is 1. The fraction of sp³-hybridized carbons (Fsp3) is 0.375. The fourth-order valence-electron chi connectivity index (χ4n) is 4.27. The Hall–Kier alpha value is -2.86. The molecule has 1 aliphatic heterocycles. The summed E-state index contributed by atoms with van der Waals surface area (Å²) in [6.45, 7) is 2.42. The first-order chi connectivity index (χ1) is 14.5. The number of halogens is 1. The number of rotatable bonds is 6. The summed E-state index contributed by atoms with van der Waals surface area (Å²) in [7, 11) is 3.42. The van der Waals surface area contributed by atoms with Crippen LogP contribution in [0.1, 0.15) is 29.9 Å². The Morgan fingerprint density at radius 2 is 2.00 bits per heavy atom. The number of benzene rings is 2. The first-order valence-electron chi connectivity index (χ1n) is 10.4. The van der Waals surface area contributed by atoms with Crippen LogP contribution in [0.4, 0.5) is 4.39 Å². The SMILES string of the molecule is COc1ccc2[nH]cc(C3CCN(CC(=O)N(C)Cc4ccccc4F)CC3)c2c1. The maximum atomic E-state index is 13.8. The third-order valence-electron chi connectivity index (χ3n) is 6.10. The van der Waals surface area contributed by atoms with Gasteiger partial charge in [-0.2, -0.15) is 0 Å². The number of nitrogens with zero attached hydrogens (tertiary/aromatic N) is 2. The van der Waals surface area contributed by atoms with Gasteiger partial charge in [0.1, 0.15) is 11.6 Å². The van der Waals surface area contributed by atoms with Crippen LogP contribution in [0, 0.1) is 5.82 Å². The van der Waals surface area contributed by atoms with Crippen molar-refractivity contribution in [1.82, 2.24) is 14.8 Å². The van der Waals surface area contributed by atoms with Gasteiger partial charge in [0.25, 0.3) is 0 Å². The normalized spacial score (nSPS) is 15.4. The van der Waals surface area contributed by atoms with Gasteiger partial charge in [-0.15, -0.1) is 0 Å². The van der Waals surface area contributed by atoms with Crippen molar-refractivity contribution in [2.24, 2.45) is 0 Å². The molecule has 0 radical (unpaired) electrons. The summed E-state index contributed by atoms with van der Waals surface area (Å²) in [6.07, 6.45) is 4.13. The molecule has 0 bridgehead atoms. The molecule has 1 saturated heterocycles. The third-order valence-corrected chi connectivity index (χ3v) is 6.10. The lowest BCUT2D eigenvalue weighted by Gasteiger charge is -2.32. The molecule has 0 saturated carbocycles. The first kappa shape index (κ1) is 20.4. The van der Waals surface area contributed by atoms with Crippen LogP contribution in [0.15, 0.2) is 48.7 Å². The molecule has 1 fully saturated rings. The van der Waals surface area contributed by atoms with E-state index in [0.29, 0.717) is 24.6 Å². The van der Waals surface area contributed by atoms with E-state index in [9.17, 15) is 9.18 Å². The second-order valence-electron chi connectivity index (χ2n) is 8.05. The Labute approximate surface area is 176 Å². The number of fused-ring (bicyclic) bond motifs is 1. The average Bonchev–Trinajstić information content (AvgIpc) is 3.19. The minimum atomic E-state index is -0.270. The highest BCUT2D eigenvalue weighted by atomic mass is 19.1. The Kier molecular flexibility index (Phi) is 6.04. The molecule has 0 aliphatic carbocycles. The number of hydrogen-bond acceptors (Lipinski definition) is 3. The van der Waals surface area contributed by atoms with Gasteiger partial charge in [0.05, 0.1) is 13.7 Å². The number of likely N-dealkylation sites (N-methyl/N-ethyl adjacent to an activating group) is 1. The van der Waals surface area contributed by atoms with Crippen molar-refractivity contribution in [2.75, 3.05) is 33.8 Å². The van der Waals surface area contributed by atoms with Gasteiger partial charge in [-0.1, -0.05) is 18.2 Å². The van der Waals surface area contributed by atoms with Crippen molar-refractivity contribution in [3.8, 4) is 5.75 Å². The Bertz CT molecular complexity index is 1020. The van der Waals surface area contributed by atoms with Gasteiger partial charge in [-0.3, -0.25) is 9.69 Å². The molecule has 2 aromatic carbocycles. The molecular weight excluding hydrogens is 381 g/mol. The number of aromatic amines is 1. The maximum Gasteiger partial charge on any atom is 0.236 e. The van der Waals surface area contributed by atoms with E-state index in [4.69, 9.17) is 4.74 Å². The van der Waals surface area contributed by atoms with Crippen LogP contribution in [0.5, 0.6) is 5.75 Å². The molecule has 4 rings (SSSR count). The Morgan fingerprint density at radius 3 is 2.73 bits per heavy atom. The number of nitrogens with one attached hydrogen (secondary N) is 1. The van der Waals surface area contributed by atoms with Crippen LogP contribution in [-0.4, -0.2) is 54.5 Å². The lowest BCUT2D eigenvalue weighted by Crippen LogP contribution is -2.41. The molecule has 5 nitrogen and oxygen atoms in total. The molecule has 2 heterocycles. The Balaban J connectivity index is 1.33. The molecule has 158 valence electrons. The minimum absolute atomic E-state index is 0.0218. The van der Waals surface area contributed by atoms with Crippen LogP contribution in [0.25, 0.3) is 10.9 Å². The molecule has 1 aromatic heterocycles. The number of aromatic nitrogens is 1. The topological polar surface area (TPSA) is 48.6 Å². The summed E-state index contributed by atoms with van der Waals surface area (Å²) >= 11 is 0. The molecule has 30 heavy (non-hydrogen) atoms. The number of methoxy groups -OCH3 is 1. The van der Waals surface area contributed by atoms with Gasteiger partial charge in [-0.25, -0.2) is 4.39 Å². The molecule has 6 heteroatoms. The predicted molar refractivity (Wildman–Crippen MR) is 116 cm³/mol. The number of carbonyl (C=O) groups excluding carboxylic acids is 1. The van der Waals surface area contributed by atoms with E-state index in [0.717, 1.165) is 37.2 Å². The summed E-state index contributed by atoms with van der Waals surface area (Å²) in [5.74, 6) is 1.08. The van der Waals surface area contributed by atoms with E-state index in [1.54, 1.807) is 37.3 Å². The molecule has 1 aliphatic rings. The number of H-pyrrole nitrogens is 1. The predicted octanol–water partition coefficient (Wildman–Crippen LogP) is 4.15. The lowest BCUT2D eigenvalue weighted by atomic mass is 9.89. The van der Waals surface area contributed by atoms with E-state index in [2.05, 4.69) is 28.2 Å². The zero-order chi connectivity index (χ0) is 21.1. The molecule has 0 unspecified atom stereocenters. The summed E-state index contributed by atoms with van der Waals surface area (Å²) in [5, 5.41) is 1.22. The maximum absolute atomic E-state index is 13.8. The first-order valence-corrected chi connectivity index (χ1v) is 10.4. The van der Waals surface area contributed by atoms with Crippen molar-refractivity contribution in [1.29, 1.82) is 0 Å². The lowest BCUT2D eigenvalue weighted by molar-refractivity contribution is -0.131. The highest BCUT2D eigenvalue weighted by Gasteiger charge is 2.25. The standard InChI is InChI=1S/C24H28FN3O2/c1-27(15-18-5-3-4-6-22(18)25)24(29)16-28-11-9-17(10-12-28)21-14-26-23-8-7-19(30-2)13-20(21)23/h3-8,13-14,17,26H,9-12,15-16H2,1-2H3. The van der Waals surface area contributed by atoms with E-state index in [-0.39, 0.29) is 11.7 Å². The van der Waals surface area contributed by atoms with Crippen LogP contribution in [-0.2, 0) is 11.3 Å². The smallest absolute Gasteiger partial charge is 0.236 e. The monoisotopic (exact) mass is 409 g/mol. The summed E-state index contributed by atoms with van der Waals surface area (Å²) in [6, 6.07) is 12.7. The largest absolute Gasteiger partial charge is 0.497 e. The summed E-state index contributed by atoms with van der Waals surface area (Å²) in [5.41, 5.74) is 2.99. The van der Waals surface area contributed by atoms with Gasteiger partial charge < -0.3 is 14.6 Å². The number of piperidine rings is 1. The van der Waals surface area contributed by atoms with Crippen molar-refractivity contribution in [2.45, 2.75) is 25.3 Å². The minimum Gasteiger partial charge on any atom is -0.497 e.